The van der Waals surface area contributed by atoms with Crippen LogP contribution in [-0.4, -0.2) is 33.6 Å². The number of hydrogen-bond acceptors (Lipinski definition) is 3. The van der Waals surface area contributed by atoms with Crippen LogP contribution in [0, 0.1) is 0 Å². The van der Waals surface area contributed by atoms with Crippen LogP contribution in [0.4, 0.5) is 5.69 Å². The number of nitrogens with zero attached hydrogens (tertiary/aromatic N) is 3. The van der Waals surface area contributed by atoms with Crippen molar-refractivity contribution in [2.75, 3.05) is 11.9 Å². The summed E-state index contributed by atoms with van der Waals surface area (Å²) in [4.78, 5) is 9.60. The van der Waals surface area contributed by atoms with Crippen LogP contribution in [0.15, 0.2) is 48.7 Å². The van der Waals surface area contributed by atoms with E-state index < -0.39 is 0 Å². The summed E-state index contributed by atoms with van der Waals surface area (Å²) in [6.45, 7) is 6.78. The molecule has 2 atom stereocenters. The van der Waals surface area contributed by atoms with Crippen LogP contribution in [0.3, 0.4) is 0 Å². The first-order valence-electron chi connectivity index (χ1n) is 11.9. The summed E-state index contributed by atoms with van der Waals surface area (Å²) in [7, 11) is 2.19. The molecule has 0 radical (unpaired) electrons. The fourth-order valence-electron chi connectivity index (χ4n) is 5.84. The van der Waals surface area contributed by atoms with Crippen LogP contribution in [-0.2, 0) is 0 Å². The Bertz CT molecular complexity index is 1040. The van der Waals surface area contributed by atoms with Crippen LogP contribution in [0.2, 0.25) is 0 Å². The zero-order valence-corrected chi connectivity index (χ0v) is 20.5. The fourth-order valence-corrected chi connectivity index (χ4v) is 6.22. The van der Waals surface area contributed by atoms with Gasteiger partial charge in [-0.3, -0.25) is 4.98 Å². The third-order valence-electron chi connectivity index (χ3n) is 7.69. The smallest absolute Gasteiger partial charge is 0.170 e. The van der Waals surface area contributed by atoms with Crippen molar-refractivity contribution in [2.24, 2.45) is 0 Å². The number of rotatable bonds is 3. The van der Waals surface area contributed by atoms with Gasteiger partial charge in [-0.05, 0) is 81.2 Å². The SMILES string of the molecule is CC1=CC(C)(C)N(C)c2ccc([C@H]3[C@H](c4ccccn4)NC(=S)N3C3CCCCC3)cc21. The monoisotopic (exact) mass is 446 g/mol. The Morgan fingerprint density at radius 1 is 1.09 bits per heavy atom. The van der Waals surface area contributed by atoms with E-state index in [1.165, 1.54) is 54.5 Å². The minimum atomic E-state index is 0.0136. The molecule has 3 heterocycles. The minimum Gasteiger partial charge on any atom is -0.366 e. The number of anilines is 1. The average Bonchev–Trinajstić information content (AvgIpc) is 3.15. The van der Waals surface area contributed by atoms with Gasteiger partial charge >= 0.3 is 0 Å². The molecule has 3 aliphatic rings. The Morgan fingerprint density at radius 3 is 2.59 bits per heavy atom. The number of likely N-dealkylation sites (N-methyl/N-ethyl adjacent to an activating group) is 1. The third kappa shape index (κ3) is 3.61. The Morgan fingerprint density at radius 2 is 1.88 bits per heavy atom. The molecule has 1 saturated carbocycles. The van der Waals surface area contributed by atoms with Gasteiger partial charge in [0.15, 0.2) is 5.11 Å². The average molecular weight is 447 g/mol. The first kappa shape index (κ1) is 21.4. The Hall–Kier alpha value is -2.40. The Labute approximate surface area is 197 Å². The molecule has 2 aliphatic heterocycles. The van der Waals surface area contributed by atoms with Crippen molar-refractivity contribution in [1.82, 2.24) is 15.2 Å². The van der Waals surface area contributed by atoms with Gasteiger partial charge in [-0.1, -0.05) is 37.5 Å². The molecule has 32 heavy (non-hydrogen) atoms. The van der Waals surface area contributed by atoms with Gasteiger partial charge in [0, 0.05) is 30.5 Å². The molecule has 1 saturated heterocycles. The Kier molecular flexibility index (Phi) is 5.48. The van der Waals surface area contributed by atoms with Crippen molar-refractivity contribution in [1.29, 1.82) is 0 Å². The van der Waals surface area contributed by atoms with Gasteiger partial charge in [-0.2, -0.15) is 0 Å². The first-order valence-corrected chi connectivity index (χ1v) is 12.3. The van der Waals surface area contributed by atoms with E-state index >= 15 is 0 Å². The number of pyridine rings is 1. The molecule has 2 aromatic rings. The molecule has 0 spiro atoms. The molecule has 1 aromatic carbocycles. The second kappa shape index (κ2) is 8.18. The summed E-state index contributed by atoms with van der Waals surface area (Å²) >= 11 is 5.94. The molecule has 168 valence electrons. The minimum absolute atomic E-state index is 0.0136. The van der Waals surface area contributed by atoms with Gasteiger partial charge in [0.05, 0.1) is 23.3 Å². The van der Waals surface area contributed by atoms with Crippen LogP contribution >= 0.6 is 12.2 Å². The molecular weight excluding hydrogens is 412 g/mol. The highest BCUT2D eigenvalue weighted by Crippen LogP contribution is 2.45. The molecule has 5 heteroatoms. The maximum absolute atomic E-state index is 5.94. The molecular formula is C27H34N4S. The topological polar surface area (TPSA) is 31.4 Å². The molecule has 0 bridgehead atoms. The van der Waals surface area contributed by atoms with Crippen LogP contribution in [0.1, 0.15) is 81.8 Å². The second-order valence-corrected chi connectivity index (χ2v) is 10.5. The van der Waals surface area contributed by atoms with Crippen LogP contribution < -0.4 is 10.2 Å². The largest absolute Gasteiger partial charge is 0.366 e. The zero-order valence-electron chi connectivity index (χ0n) is 19.6. The maximum Gasteiger partial charge on any atom is 0.170 e. The standard InChI is InChI=1S/C27H34N4S/c1-18-17-27(2,3)30(4)23-14-13-19(16-21(18)23)25-24(22-12-8-9-15-28-22)29-26(32)31(25)20-10-6-5-7-11-20/h8-9,12-17,20,24-25H,5-7,10-11H2,1-4H3,(H,29,32)/t24-,25-/m0/s1. The predicted octanol–water partition coefficient (Wildman–Crippen LogP) is 6.02. The van der Waals surface area contributed by atoms with Crippen molar-refractivity contribution in [3.05, 3.63) is 65.5 Å². The highest BCUT2D eigenvalue weighted by molar-refractivity contribution is 7.80. The van der Waals surface area contributed by atoms with Gasteiger partial charge in [0.2, 0.25) is 0 Å². The van der Waals surface area contributed by atoms with E-state index in [1.807, 2.05) is 12.3 Å². The highest BCUT2D eigenvalue weighted by Gasteiger charge is 2.43. The van der Waals surface area contributed by atoms with E-state index in [2.05, 4.69) is 79.3 Å². The molecule has 1 aromatic heterocycles. The summed E-state index contributed by atoms with van der Waals surface area (Å²) in [5, 5.41) is 4.52. The molecule has 4 nitrogen and oxygen atoms in total. The lowest BCUT2D eigenvalue weighted by Gasteiger charge is -2.41. The summed E-state index contributed by atoms with van der Waals surface area (Å²) in [6, 6.07) is 13.9. The molecule has 0 unspecified atom stereocenters. The lowest BCUT2D eigenvalue weighted by atomic mass is 9.86. The van der Waals surface area contributed by atoms with E-state index in [1.54, 1.807) is 0 Å². The van der Waals surface area contributed by atoms with Gasteiger partial charge in [-0.15, -0.1) is 0 Å². The quantitative estimate of drug-likeness (QED) is 0.583. The van der Waals surface area contributed by atoms with Gasteiger partial charge in [-0.25, -0.2) is 0 Å². The molecule has 1 N–H and O–H groups in total. The van der Waals surface area contributed by atoms with Gasteiger partial charge in [0.1, 0.15) is 0 Å². The number of allylic oxidation sites excluding steroid dienone is 1. The number of aromatic nitrogens is 1. The van der Waals surface area contributed by atoms with Crippen molar-refractivity contribution in [3.63, 3.8) is 0 Å². The van der Waals surface area contributed by atoms with E-state index in [9.17, 15) is 0 Å². The van der Waals surface area contributed by atoms with Gasteiger partial charge in [0.25, 0.3) is 0 Å². The van der Waals surface area contributed by atoms with Crippen LogP contribution in [0.25, 0.3) is 5.57 Å². The molecule has 1 aliphatic carbocycles. The summed E-state index contributed by atoms with van der Waals surface area (Å²) < 4.78 is 0. The molecule has 5 rings (SSSR count). The summed E-state index contributed by atoms with van der Waals surface area (Å²) in [5.41, 5.74) is 6.35. The number of nitrogens with one attached hydrogen (secondary N) is 1. The second-order valence-electron chi connectivity index (χ2n) is 10.1. The van der Waals surface area contributed by atoms with E-state index in [4.69, 9.17) is 17.2 Å². The van der Waals surface area contributed by atoms with Gasteiger partial charge < -0.3 is 15.1 Å². The van der Waals surface area contributed by atoms with E-state index in [0.717, 1.165) is 10.8 Å². The predicted molar refractivity (Wildman–Crippen MR) is 137 cm³/mol. The highest BCUT2D eigenvalue weighted by atomic mass is 32.1. The summed E-state index contributed by atoms with van der Waals surface area (Å²) in [6.07, 6.45) is 10.6. The first-order chi connectivity index (χ1) is 15.4. The lowest BCUT2D eigenvalue weighted by molar-refractivity contribution is 0.197. The van der Waals surface area contributed by atoms with Crippen molar-refractivity contribution in [3.8, 4) is 0 Å². The number of thiocarbonyl (C=S) groups is 1. The van der Waals surface area contributed by atoms with Crippen molar-refractivity contribution < 1.29 is 0 Å². The number of fused-ring (bicyclic) bond motifs is 1. The van der Waals surface area contributed by atoms with Crippen molar-refractivity contribution >= 4 is 28.6 Å². The molecule has 2 fully saturated rings. The molecule has 0 amide bonds. The fraction of sp³-hybridized carbons (Fsp3) is 0.481. The van der Waals surface area contributed by atoms with E-state index in [0.29, 0.717) is 6.04 Å². The summed E-state index contributed by atoms with van der Waals surface area (Å²) in [5.74, 6) is 0. The lowest BCUT2D eigenvalue weighted by Crippen LogP contribution is -2.42. The maximum atomic E-state index is 5.94. The normalized spacial score (nSPS) is 25.4. The van der Waals surface area contributed by atoms with Crippen LogP contribution in [0.5, 0.6) is 0 Å². The van der Waals surface area contributed by atoms with E-state index in [-0.39, 0.29) is 17.6 Å². The number of hydrogen-bond donors (Lipinski definition) is 1. The Balaban J connectivity index is 1.60. The third-order valence-corrected chi connectivity index (χ3v) is 8.01. The number of benzene rings is 1. The zero-order chi connectivity index (χ0) is 22.5. The van der Waals surface area contributed by atoms with Crippen molar-refractivity contribution in [2.45, 2.75) is 76.5 Å².